The number of urea groups is 1. The topological polar surface area (TPSA) is 69.6 Å². The van der Waals surface area contributed by atoms with Crippen LogP contribution < -0.4 is 5.32 Å². The van der Waals surface area contributed by atoms with Gasteiger partial charge in [0.1, 0.15) is 0 Å². The summed E-state index contributed by atoms with van der Waals surface area (Å²) < 4.78 is 0. The summed E-state index contributed by atoms with van der Waals surface area (Å²) in [6.45, 7) is 4.16. The zero-order valence-corrected chi connectivity index (χ0v) is 9.76. The molecule has 2 N–H and O–H groups in total. The maximum Gasteiger partial charge on any atom is 0.317 e. The molecule has 2 heterocycles. The van der Waals surface area contributed by atoms with E-state index in [0.29, 0.717) is 13.0 Å². The van der Waals surface area contributed by atoms with Crippen LogP contribution >= 0.6 is 0 Å². The molecule has 2 amide bonds. The molecule has 0 spiro atoms. The van der Waals surface area contributed by atoms with Crippen molar-refractivity contribution in [2.75, 3.05) is 6.54 Å². The molecule has 94 valence electrons. The highest BCUT2D eigenvalue weighted by Gasteiger charge is 2.51. The Kier molecular flexibility index (Phi) is 3.36. The minimum atomic E-state index is -0.777. The van der Waals surface area contributed by atoms with Gasteiger partial charge in [-0.15, -0.1) is 6.58 Å². The van der Waals surface area contributed by atoms with Crippen LogP contribution in [-0.2, 0) is 4.79 Å². The van der Waals surface area contributed by atoms with Crippen LogP contribution in [0.5, 0.6) is 0 Å². The van der Waals surface area contributed by atoms with E-state index in [0.717, 1.165) is 19.3 Å². The van der Waals surface area contributed by atoms with E-state index in [1.165, 1.54) is 0 Å². The lowest BCUT2D eigenvalue weighted by atomic mass is 9.89. The van der Waals surface area contributed by atoms with E-state index in [2.05, 4.69) is 11.9 Å². The highest BCUT2D eigenvalue weighted by molar-refractivity contribution is 5.79. The summed E-state index contributed by atoms with van der Waals surface area (Å²) in [5.74, 6) is -1.15. The van der Waals surface area contributed by atoms with Gasteiger partial charge in [-0.25, -0.2) is 4.79 Å². The first-order valence-electron chi connectivity index (χ1n) is 6.05. The number of amides is 2. The van der Waals surface area contributed by atoms with Gasteiger partial charge in [-0.3, -0.25) is 4.79 Å². The fourth-order valence-electron chi connectivity index (χ4n) is 2.94. The van der Waals surface area contributed by atoms with Gasteiger partial charge in [0.2, 0.25) is 0 Å². The third-order valence-corrected chi connectivity index (χ3v) is 3.71. The molecule has 0 aliphatic carbocycles. The quantitative estimate of drug-likeness (QED) is 0.571. The number of nitrogens with one attached hydrogen (secondary N) is 1. The first kappa shape index (κ1) is 12.0. The van der Waals surface area contributed by atoms with Gasteiger partial charge in [0.25, 0.3) is 0 Å². The van der Waals surface area contributed by atoms with Gasteiger partial charge in [0, 0.05) is 18.6 Å². The maximum absolute atomic E-state index is 11.9. The van der Waals surface area contributed by atoms with E-state index < -0.39 is 5.97 Å². The number of hydrogen-bond acceptors (Lipinski definition) is 2. The summed E-state index contributed by atoms with van der Waals surface area (Å²) in [4.78, 5) is 24.7. The molecule has 5 heteroatoms. The molecule has 5 nitrogen and oxygen atoms in total. The minimum absolute atomic E-state index is 0.110. The Hall–Kier alpha value is -1.52. The number of aliphatic carboxylic acids is 1. The van der Waals surface area contributed by atoms with Crippen LogP contribution in [0, 0.1) is 5.92 Å². The van der Waals surface area contributed by atoms with Crippen LogP contribution in [0.1, 0.15) is 25.7 Å². The lowest BCUT2D eigenvalue weighted by molar-refractivity contribution is -0.142. The Bertz CT molecular complexity index is 343. The van der Waals surface area contributed by atoms with E-state index in [-0.39, 0.29) is 24.0 Å². The number of carboxylic acids is 1. The third kappa shape index (κ3) is 2.14. The van der Waals surface area contributed by atoms with Gasteiger partial charge < -0.3 is 15.3 Å². The Balaban J connectivity index is 1.96. The number of hydrogen-bond donors (Lipinski definition) is 2. The molecule has 3 unspecified atom stereocenters. The number of rotatable bonds is 4. The van der Waals surface area contributed by atoms with Crippen LogP contribution in [-0.4, -0.2) is 40.6 Å². The Labute approximate surface area is 100 Å². The highest BCUT2D eigenvalue weighted by atomic mass is 16.4. The van der Waals surface area contributed by atoms with Crippen molar-refractivity contribution < 1.29 is 14.7 Å². The van der Waals surface area contributed by atoms with Crippen LogP contribution in [0.25, 0.3) is 0 Å². The van der Waals surface area contributed by atoms with Crippen molar-refractivity contribution in [3.8, 4) is 0 Å². The zero-order chi connectivity index (χ0) is 12.4. The van der Waals surface area contributed by atoms with Gasteiger partial charge in [-0.05, 0) is 25.7 Å². The molecule has 2 rings (SSSR count). The van der Waals surface area contributed by atoms with Crippen LogP contribution in [0.4, 0.5) is 4.79 Å². The van der Waals surface area contributed by atoms with Crippen molar-refractivity contribution in [1.29, 1.82) is 0 Å². The highest BCUT2D eigenvalue weighted by Crippen LogP contribution is 2.41. The molecule has 2 bridgehead atoms. The Morgan fingerprint density at radius 1 is 1.47 bits per heavy atom. The molecule has 3 atom stereocenters. The molecule has 0 aromatic heterocycles. The van der Waals surface area contributed by atoms with Crippen molar-refractivity contribution in [2.45, 2.75) is 37.8 Å². The van der Waals surface area contributed by atoms with Crippen molar-refractivity contribution in [3.05, 3.63) is 12.7 Å². The van der Waals surface area contributed by atoms with Crippen LogP contribution in [0.2, 0.25) is 0 Å². The van der Waals surface area contributed by atoms with Crippen LogP contribution in [0.15, 0.2) is 12.7 Å². The van der Waals surface area contributed by atoms with E-state index in [9.17, 15) is 9.59 Å². The van der Waals surface area contributed by atoms with E-state index in [1.54, 1.807) is 11.0 Å². The lowest BCUT2D eigenvalue weighted by Crippen LogP contribution is -2.44. The molecule has 2 aliphatic rings. The smallest absolute Gasteiger partial charge is 0.317 e. The monoisotopic (exact) mass is 238 g/mol. The summed E-state index contributed by atoms with van der Waals surface area (Å²) in [6, 6.07) is -0.117. The number of carboxylic acid groups (broad SMARTS) is 1. The fourth-order valence-corrected chi connectivity index (χ4v) is 2.94. The predicted molar refractivity (Wildman–Crippen MR) is 62.6 cm³/mol. The van der Waals surface area contributed by atoms with E-state index >= 15 is 0 Å². The molecule has 0 aromatic rings. The fraction of sp³-hybridized carbons (Fsp3) is 0.667. The van der Waals surface area contributed by atoms with Gasteiger partial charge in [0.15, 0.2) is 0 Å². The van der Waals surface area contributed by atoms with Crippen molar-refractivity contribution in [3.63, 3.8) is 0 Å². The summed E-state index contributed by atoms with van der Waals surface area (Å²) in [7, 11) is 0. The average molecular weight is 238 g/mol. The molecule has 0 aromatic carbocycles. The Morgan fingerprint density at radius 3 is 2.82 bits per heavy atom. The van der Waals surface area contributed by atoms with Gasteiger partial charge in [-0.1, -0.05) is 6.08 Å². The number of carbonyl (C=O) groups excluding carboxylic acids is 1. The molecule has 0 radical (unpaired) electrons. The third-order valence-electron chi connectivity index (χ3n) is 3.71. The number of fused-ring (bicyclic) bond motifs is 2. The standard InChI is InChI=1S/C12H18N2O3/c1-2-3-6-13-12(17)14-8-4-5-10(14)9(7-8)11(15)16/h2,8-10H,1,3-7H2,(H,13,17)(H,15,16). The van der Waals surface area contributed by atoms with Crippen molar-refractivity contribution in [2.24, 2.45) is 5.92 Å². The van der Waals surface area contributed by atoms with E-state index in [4.69, 9.17) is 5.11 Å². The maximum atomic E-state index is 11.9. The SMILES string of the molecule is C=CCCNC(=O)N1C2CCC1C(C(=O)O)C2. The second-order valence-electron chi connectivity index (χ2n) is 4.70. The lowest BCUT2D eigenvalue weighted by Gasteiger charge is -2.23. The predicted octanol–water partition coefficient (Wildman–Crippen LogP) is 1.21. The minimum Gasteiger partial charge on any atom is -0.481 e. The van der Waals surface area contributed by atoms with Crippen molar-refractivity contribution in [1.82, 2.24) is 10.2 Å². The van der Waals surface area contributed by atoms with Crippen LogP contribution in [0.3, 0.4) is 0 Å². The molecule has 2 fully saturated rings. The second-order valence-corrected chi connectivity index (χ2v) is 4.70. The summed E-state index contributed by atoms with van der Waals surface area (Å²) >= 11 is 0. The van der Waals surface area contributed by atoms with Gasteiger partial charge in [-0.2, -0.15) is 0 Å². The van der Waals surface area contributed by atoms with Crippen molar-refractivity contribution >= 4 is 12.0 Å². The summed E-state index contributed by atoms with van der Waals surface area (Å²) in [6.07, 6.45) is 4.84. The molecular formula is C12H18N2O3. The normalized spacial score (nSPS) is 30.4. The first-order chi connectivity index (χ1) is 8.15. The molecule has 2 aliphatic heterocycles. The second kappa shape index (κ2) is 4.77. The van der Waals surface area contributed by atoms with Gasteiger partial charge in [0.05, 0.1) is 5.92 Å². The molecule has 0 saturated carbocycles. The van der Waals surface area contributed by atoms with Gasteiger partial charge >= 0.3 is 12.0 Å². The largest absolute Gasteiger partial charge is 0.481 e. The summed E-state index contributed by atoms with van der Waals surface area (Å²) in [5.41, 5.74) is 0. The molecular weight excluding hydrogens is 220 g/mol. The Morgan fingerprint density at radius 2 is 2.24 bits per heavy atom. The molecule has 2 saturated heterocycles. The zero-order valence-electron chi connectivity index (χ0n) is 9.76. The number of carbonyl (C=O) groups is 2. The molecule has 17 heavy (non-hydrogen) atoms. The average Bonchev–Trinajstić information content (AvgIpc) is 2.86. The number of nitrogens with zero attached hydrogens (tertiary/aromatic N) is 1. The van der Waals surface area contributed by atoms with E-state index in [1.807, 2.05) is 0 Å². The summed E-state index contributed by atoms with van der Waals surface area (Å²) in [5, 5.41) is 11.9. The first-order valence-corrected chi connectivity index (χ1v) is 6.05.